The average molecular weight is 352 g/mol. The molecule has 6 nitrogen and oxygen atoms in total. The van der Waals surface area contributed by atoms with Crippen molar-refractivity contribution in [2.45, 2.75) is 25.2 Å². The smallest absolute Gasteiger partial charge is 0.227 e. The second kappa shape index (κ2) is 7.32. The molecule has 0 spiro atoms. The molecule has 2 fully saturated rings. The molecule has 1 aromatic carbocycles. The number of amides is 1. The molecule has 6 heteroatoms. The summed E-state index contributed by atoms with van der Waals surface area (Å²) in [5.74, 6) is 2.45. The maximum Gasteiger partial charge on any atom is 0.227 e. The Labute approximate surface area is 153 Å². The minimum Gasteiger partial charge on any atom is -0.496 e. The van der Waals surface area contributed by atoms with Gasteiger partial charge in [0.05, 0.1) is 19.2 Å². The first-order chi connectivity index (χ1) is 12.7. The maximum absolute atomic E-state index is 12.6. The van der Waals surface area contributed by atoms with Crippen molar-refractivity contribution in [3.05, 3.63) is 47.7 Å². The molecule has 1 amide bonds. The molecule has 1 saturated heterocycles. The molecule has 1 saturated carbocycles. The maximum atomic E-state index is 12.6. The van der Waals surface area contributed by atoms with Crippen LogP contribution in [0.2, 0.25) is 0 Å². The van der Waals surface area contributed by atoms with Crippen LogP contribution in [-0.4, -0.2) is 54.3 Å². The topological polar surface area (TPSA) is 58.6 Å². The van der Waals surface area contributed by atoms with Crippen molar-refractivity contribution in [1.29, 1.82) is 0 Å². The first kappa shape index (κ1) is 16.8. The van der Waals surface area contributed by atoms with E-state index >= 15 is 0 Å². The van der Waals surface area contributed by atoms with Crippen LogP contribution in [0.4, 0.5) is 5.82 Å². The average Bonchev–Trinajstić information content (AvgIpc) is 3.54. The van der Waals surface area contributed by atoms with E-state index in [1.807, 2.05) is 29.2 Å². The van der Waals surface area contributed by atoms with Crippen LogP contribution in [0.15, 0.2) is 36.4 Å². The summed E-state index contributed by atoms with van der Waals surface area (Å²) in [6.45, 7) is 2.99. The second-order valence-electron chi connectivity index (χ2n) is 6.95. The third-order valence-electron chi connectivity index (χ3n) is 5.16. The van der Waals surface area contributed by atoms with Crippen LogP contribution in [0.5, 0.6) is 5.75 Å². The largest absolute Gasteiger partial charge is 0.496 e. The first-order valence-electron chi connectivity index (χ1n) is 9.23. The van der Waals surface area contributed by atoms with Crippen molar-refractivity contribution in [3.8, 4) is 5.75 Å². The van der Waals surface area contributed by atoms with Gasteiger partial charge in [-0.3, -0.25) is 4.79 Å². The normalized spacial score (nSPS) is 17.3. The van der Waals surface area contributed by atoms with E-state index in [4.69, 9.17) is 4.74 Å². The van der Waals surface area contributed by atoms with Gasteiger partial charge < -0.3 is 14.5 Å². The minimum absolute atomic E-state index is 0.143. The van der Waals surface area contributed by atoms with Crippen molar-refractivity contribution >= 4 is 11.7 Å². The van der Waals surface area contributed by atoms with Crippen molar-refractivity contribution in [3.63, 3.8) is 0 Å². The summed E-state index contributed by atoms with van der Waals surface area (Å²) in [6.07, 6.45) is 2.85. The fourth-order valence-corrected chi connectivity index (χ4v) is 3.41. The van der Waals surface area contributed by atoms with Gasteiger partial charge in [-0.1, -0.05) is 18.2 Å². The van der Waals surface area contributed by atoms with Gasteiger partial charge in [0.15, 0.2) is 5.82 Å². The van der Waals surface area contributed by atoms with Gasteiger partial charge in [0.1, 0.15) is 5.75 Å². The van der Waals surface area contributed by atoms with Crippen LogP contribution in [0.25, 0.3) is 0 Å². The predicted octanol–water partition coefficient (Wildman–Crippen LogP) is 2.25. The van der Waals surface area contributed by atoms with Gasteiger partial charge in [-0.05, 0) is 31.0 Å². The van der Waals surface area contributed by atoms with Gasteiger partial charge in [-0.15, -0.1) is 5.10 Å². The van der Waals surface area contributed by atoms with E-state index in [1.54, 1.807) is 7.11 Å². The molecule has 2 heterocycles. The summed E-state index contributed by atoms with van der Waals surface area (Å²) < 4.78 is 5.35. The summed E-state index contributed by atoms with van der Waals surface area (Å²) in [5.41, 5.74) is 2.04. The zero-order chi connectivity index (χ0) is 17.9. The van der Waals surface area contributed by atoms with Crippen LogP contribution in [0.3, 0.4) is 0 Å². The van der Waals surface area contributed by atoms with E-state index in [9.17, 15) is 4.79 Å². The van der Waals surface area contributed by atoms with E-state index in [2.05, 4.69) is 27.2 Å². The Hall–Kier alpha value is -2.63. The van der Waals surface area contributed by atoms with E-state index < -0.39 is 0 Å². The van der Waals surface area contributed by atoms with Crippen LogP contribution in [-0.2, 0) is 11.2 Å². The summed E-state index contributed by atoms with van der Waals surface area (Å²) >= 11 is 0. The number of rotatable bonds is 5. The third kappa shape index (κ3) is 3.64. The fourth-order valence-electron chi connectivity index (χ4n) is 3.41. The number of carbonyl (C=O) groups excluding carboxylic acids is 1. The van der Waals surface area contributed by atoms with E-state index in [0.29, 0.717) is 25.4 Å². The molecule has 1 aromatic heterocycles. The lowest BCUT2D eigenvalue weighted by molar-refractivity contribution is -0.130. The Kier molecular flexibility index (Phi) is 4.73. The number of aromatic nitrogens is 2. The molecule has 1 aliphatic carbocycles. The summed E-state index contributed by atoms with van der Waals surface area (Å²) in [6, 6.07) is 11.9. The lowest BCUT2D eigenvalue weighted by Crippen LogP contribution is -2.49. The van der Waals surface area contributed by atoms with Crippen LogP contribution < -0.4 is 9.64 Å². The Morgan fingerprint density at radius 1 is 1.08 bits per heavy atom. The number of piperazine rings is 1. The molecule has 0 N–H and O–H groups in total. The zero-order valence-corrected chi connectivity index (χ0v) is 15.1. The Morgan fingerprint density at radius 3 is 2.50 bits per heavy atom. The monoisotopic (exact) mass is 352 g/mol. The highest BCUT2D eigenvalue weighted by Crippen LogP contribution is 2.38. The van der Waals surface area contributed by atoms with Gasteiger partial charge in [0, 0.05) is 37.7 Å². The lowest BCUT2D eigenvalue weighted by Gasteiger charge is -2.35. The number of nitrogens with zero attached hydrogens (tertiary/aromatic N) is 4. The molecule has 1 aliphatic heterocycles. The number of para-hydroxylation sites is 1. The highest BCUT2D eigenvalue weighted by atomic mass is 16.5. The molecule has 0 unspecified atom stereocenters. The lowest BCUT2D eigenvalue weighted by atomic mass is 10.1. The fraction of sp³-hybridized carbons (Fsp3) is 0.450. The van der Waals surface area contributed by atoms with Gasteiger partial charge in [-0.2, -0.15) is 5.10 Å². The van der Waals surface area contributed by atoms with Gasteiger partial charge in [0.2, 0.25) is 5.91 Å². The number of anilines is 1. The molecule has 136 valence electrons. The van der Waals surface area contributed by atoms with Gasteiger partial charge >= 0.3 is 0 Å². The van der Waals surface area contributed by atoms with Crippen molar-refractivity contribution in [2.75, 3.05) is 38.2 Å². The second-order valence-corrected chi connectivity index (χ2v) is 6.95. The Bertz CT molecular complexity index is 766. The Balaban J connectivity index is 1.33. The molecule has 0 atom stereocenters. The van der Waals surface area contributed by atoms with Crippen molar-refractivity contribution < 1.29 is 9.53 Å². The summed E-state index contributed by atoms with van der Waals surface area (Å²) in [5, 5.41) is 8.74. The number of carbonyl (C=O) groups is 1. The van der Waals surface area contributed by atoms with Crippen molar-refractivity contribution in [1.82, 2.24) is 15.1 Å². The molecule has 0 radical (unpaired) electrons. The number of hydrogen-bond donors (Lipinski definition) is 0. The highest BCUT2D eigenvalue weighted by Gasteiger charge is 2.26. The van der Waals surface area contributed by atoms with Crippen molar-refractivity contribution in [2.24, 2.45) is 0 Å². The number of ether oxygens (including phenoxy) is 1. The van der Waals surface area contributed by atoms with E-state index in [0.717, 1.165) is 35.9 Å². The molecule has 2 aromatic rings. The molecule has 0 bridgehead atoms. The van der Waals surface area contributed by atoms with E-state index in [1.165, 1.54) is 12.8 Å². The van der Waals surface area contributed by atoms with Gasteiger partial charge in [-0.25, -0.2) is 0 Å². The molecular formula is C20H24N4O2. The van der Waals surface area contributed by atoms with Crippen LogP contribution >= 0.6 is 0 Å². The molecular weight excluding hydrogens is 328 g/mol. The Morgan fingerprint density at radius 2 is 1.85 bits per heavy atom. The number of benzene rings is 1. The molecule has 26 heavy (non-hydrogen) atoms. The van der Waals surface area contributed by atoms with Crippen LogP contribution in [0.1, 0.15) is 30.0 Å². The standard InChI is InChI=1S/C20H24N4O2/c1-26-18-5-3-2-4-16(18)14-20(25)24-12-10-23(11-13-24)19-9-8-17(21-22-19)15-6-7-15/h2-5,8-9,15H,6-7,10-14H2,1H3. The van der Waals surface area contributed by atoms with E-state index in [-0.39, 0.29) is 5.91 Å². The first-order valence-corrected chi connectivity index (χ1v) is 9.23. The number of methoxy groups -OCH3 is 1. The summed E-state index contributed by atoms with van der Waals surface area (Å²) in [7, 11) is 1.64. The zero-order valence-electron chi connectivity index (χ0n) is 15.1. The highest BCUT2D eigenvalue weighted by molar-refractivity contribution is 5.79. The SMILES string of the molecule is COc1ccccc1CC(=O)N1CCN(c2ccc(C3CC3)nn2)CC1. The predicted molar refractivity (Wildman–Crippen MR) is 99.5 cm³/mol. The minimum atomic E-state index is 0.143. The quantitative estimate of drug-likeness (QED) is 0.826. The van der Waals surface area contributed by atoms with Crippen LogP contribution in [0, 0.1) is 0 Å². The molecule has 2 aliphatic rings. The van der Waals surface area contributed by atoms with Gasteiger partial charge in [0.25, 0.3) is 0 Å². The third-order valence-corrected chi connectivity index (χ3v) is 5.16. The summed E-state index contributed by atoms with van der Waals surface area (Å²) in [4.78, 5) is 16.8. The number of hydrogen-bond acceptors (Lipinski definition) is 5. The molecule has 4 rings (SSSR count).